The van der Waals surface area contributed by atoms with Crippen LogP contribution in [0.2, 0.25) is 10.0 Å². The molecule has 0 saturated carbocycles. The van der Waals surface area contributed by atoms with E-state index in [4.69, 9.17) is 49.1 Å². The van der Waals surface area contributed by atoms with Crippen LogP contribution in [-0.2, 0) is 29.8 Å². The van der Waals surface area contributed by atoms with Gasteiger partial charge in [-0.25, -0.2) is 26.4 Å². The molecule has 2 aromatic carbocycles. The summed E-state index contributed by atoms with van der Waals surface area (Å²) in [6.07, 6.45) is 37.3. The van der Waals surface area contributed by atoms with Crippen LogP contribution in [-0.4, -0.2) is 60.6 Å². The van der Waals surface area contributed by atoms with Gasteiger partial charge in [-0.2, -0.15) is 35.5 Å². The summed E-state index contributed by atoms with van der Waals surface area (Å²) in [7, 11) is -12.2. The van der Waals surface area contributed by atoms with Crippen LogP contribution in [0.25, 0.3) is 0 Å². The maximum absolute atomic E-state index is 13.8. The fourth-order valence-electron chi connectivity index (χ4n) is 9.28. The summed E-state index contributed by atoms with van der Waals surface area (Å²) in [6.45, 7) is 20.7. The quantitative estimate of drug-likeness (QED) is 0.0272. The van der Waals surface area contributed by atoms with Crippen molar-refractivity contribution in [1.29, 1.82) is 0 Å². The Morgan fingerprint density at radius 3 is 1.10 bits per heavy atom. The highest BCUT2D eigenvalue weighted by Crippen LogP contribution is 2.44. The summed E-state index contributed by atoms with van der Waals surface area (Å²) in [5.74, 6) is 0.106. The molecular weight excluding hydrogens is 1290 g/mol. The molecule has 2 aliphatic carbocycles. The molecule has 0 fully saturated rings. The second-order valence-corrected chi connectivity index (χ2v) is 26.1. The van der Waals surface area contributed by atoms with E-state index in [9.17, 15) is 45.5 Å². The first-order valence-electron chi connectivity index (χ1n) is 27.9. The molecule has 26 heteroatoms. The Hall–Kier alpha value is -8.26. The molecule has 0 radical (unpaired) electrons. The van der Waals surface area contributed by atoms with E-state index < -0.39 is 55.4 Å². The number of aromatic nitrogens is 2. The second-order valence-electron chi connectivity index (χ2n) is 22.5. The van der Waals surface area contributed by atoms with Crippen molar-refractivity contribution in [3.05, 3.63) is 237 Å². The van der Waals surface area contributed by atoms with E-state index in [0.29, 0.717) is 45.6 Å². The fraction of sp³-hybridized carbons (Fsp3) is 0.273. The zero-order valence-corrected chi connectivity index (χ0v) is 54.9. The van der Waals surface area contributed by atoms with Crippen LogP contribution in [0.4, 0.5) is 58.7 Å². The lowest BCUT2D eigenvalue weighted by atomic mass is 9.70. The molecule has 2 atom stereocenters. The van der Waals surface area contributed by atoms with E-state index in [2.05, 4.69) is 124 Å². The number of ketones is 2. The van der Waals surface area contributed by atoms with Crippen LogP contribution in [0.5, 0.6) is 0 Å². The van der Waals surface area contributed by atoms with E-state index in [1.165, 1.54) is 0 Å². The number of Topliss-reactive ketones (excluding diaryl/α,β-unsaturated/α-hetero) is 2. The summed E-state index contributed by atoms with van der Waals surface area (Å²) in [4.78, 5) is 53.1. The predicted octanol–water partition coefficient (Wildman–Crippen LogP) is 15.9. The molecule has 16 nitrogen and oxygen atoms in total. The summed E-state index contributed by atoms with van der Waals surface area (Å²) in [5, 5.41) is 12.5. The first-order valence-corrected chi connectivity index (χ1v) is 31.5. The van der Waals surface area contributed by atoms with Crippen LogP contribution in [0.15, 0.2) is 227 Å². The van der Waals surface area contributed by atoms with Gasteiger partial charge in [-0.15, -0.1) is 0 Å². The monoisotopic (exact) mass is 1350 g/mol. The molecule has 0 spiro atoms. The van der Waals surface area contributed by atoms with Gasteiger partial charge in [0.1, 0.15) is 11.4 Å². The highest BCUT2D eigenvalue weighted by Gasteiger charge is 2.44. The Morgan fingerprint density at radius 2 is 0.793 bits per heavy atom. The lowest BCUT2D eigenvalue weighted by Gasteiger charge is -2.34. The normalized spacial score (nSPS) is 17.9. The van der Waals surface area contributed by atoms with E-state index in [-0.39, 0.29) is 22.4 Å². The predicted molar refractivity (Wildman–Crippen MR) is 344 cm³/mol. The molecule has 2 unspecified atom stereocenters. The summed E-state index contributed by atoms with van der Waals surface area (Å²) >= 11 is 11.9. The summed E-state index contributed by atoms with van der Waals surface area (Å²) in [5.41, 5.74) is -1.67. The van der Waals surface area contributed by atoms with Crippen molar-refractivity contribution in [1.82, 2.24) is 0 Å². The van der Waals surface area contributed by atoms with Gasteiger partial charge in [0, 0.05) is 57.5 Å². The van der Waals surface area contributed by atoms with Crippen molar-refractivity contribution >= 4 is 89.8 Å². The van der Waals surface area contributed by atoms with Crippen LogP contribution in [0.3, 0.4) is 0 Å². The van der Waals surface area contributed by atoms with Gasteiger partial charge in [-0.3, -0.25) is 9.59 Å². The van der Waals surface area contributed by atoms with Crippen LogP contribution in [0, 0.1) is 10.8 Å². The van der Waals surface area contributed by atoms with Crippen LogP contribution < -0.4 is 30.4 Å². The lowest BCUT2D eigenvalue weighted by Crippen LogP contribution is -2.48. The van der Waals surface area contributed by atoms with Gasteiger partial charge in [0.15, 0.2) is 45.0 Å². The third kappa shape index (κ3) is 24.1. The first-order chi connectivity index (χ1) is 42.6. The number of rotatable bonds is 16. The van der Waals surface area contributed by atoms with Crippen molar-refractivity contribution in [3.8, 4) is 0 Å². The Balaban J connectivity index is 0.000000994. The van der Waals surface area contributed by atoms with E-state index >= 15 is 0 Å². The molecular formula is C66H70Cl2F6N6O10S2. The Morgan fingerprint density at radius 1 is 0.511 bits per heavy atom. The van der Waals surface area contributed by atoms with Crippen LogP contribution >= 0.6 is 23.2 Å². The number of nitrogens with one attached hydrogen (secondary N) is 4. The molecule has 6 rings (SSSR count). The van der Waals surface area contributed by atoms with Gasteiger partial charge in [0.05, 0.1) is 0 Å². The number of carbonyl (C=O) groups is 4. The Bertz CT molecular complexity index is 3720. The number of halogens is 8. The van der Waals surface area contributed by atoms with Gasteiger partial charge in [-0.05, 0) is 124 Å². The number of carbonyl (C=O) groups excluding carboxylic acids is 4. The van der Waals surface area contributed by atoms with Crippen molar-refractivity contribution in [2.24, 2.45) is 10.8 Å². The number of nitrogens with zero attached hydrogens (tertiary/aromatic N) is 2. The number of anilines is 4. The fourth-order valence-corrected chi connectivity index (χ4v) is 9.53. The number of alkyl halides is 6. The smallest absolute Gasteiger partial charge is 0.485 e. The van der Waals surface area contributed by atoms with Gasteiger partial charge in [0.2, 0.25) is 23.7 Å². The van der Waals surface area contributed by atoms with Crippen molar-refractivity contribution < 1.29 is 80.6 Å². The molecule has 0 aliphatic heterocycles. The van der Waals surface area contributed by atoms with Crippen molar-refractivity contribution in [2.45, 2.75) is 105 Å². The third-order valence-electron chi connectivity index (χ3n) is 14.0. The molecule has 2 heterocycles. The molecule has 2 aliphatic rings. The number of hydrogen-bond donors (Lipinski definition) is 4. The van der Waals surface area contributed by atoms with Gasteiger partial charge < -0.3 is 30.4 Å². The summed E-state index contributed by atoms with van der Waals surface area (Å²) < 4.78 is 122. The number of hydrogen-bond acceptors (Lipinski definition) is 10. The SMILES string of the molecule is CC1=C(/C=C/C(C)=C/C=C/C(C)=C/C=C/C=C(C)/C=C/C=C(C)/C=C/C2=C(C)C(=O)C([n+]3cccc(NC(=O)Nc4ccc(Cl)cc4)c3)CC2(C)C)C(C)(C)CC([n+]2cccc(NC(=O)Nc3ccc(Cl)cc3)c2)C1=O.O=S(=O)([O-])C(F)(F)F.O=S(=O)([O-])C(F)(F)F. The Labute approximate surface area is 542 Å². The third-order valence-corrected chi connectivity index (χ3v) is 15.6. The average Bonchev–Trinajstić information content (AvgIpc) is 0.789. The topological polar surface area (TPSA) is 239 Å². The van der Waals surface area contributed by atoms with Crippen LogP contribution in [0.1, 0.15) is 94.2 Å². The molecule has 92 heavy (non-hydrogen) atoms. The molecule has 4 amide bonds. The molecule has 2 aromatic heterocycles. The minimum atomic E-state index is -6.09. The molecule has 492 valence electrons. The number of amides is 4. The largest absolute Gasteiger partial charge is 0.741 e. The second kappa shape index (κ2) is 32.8. The lowest BCUT2D eigenvalue weighted by molar-refractivity contribution is -0.710. The minimum absolute atomic E-state index is 0.0529. The highest BCUT2D eigenvalue weighted by atomic mass is 35.5. The molecule has 4 N–H and O–H groups in total. The van der Waals surface area contributed by atoms with Crippen molar-refractivity contribution in [3.63, 3.8) is 0 Å². The van der Waals surface area contributed by atoms with Gasteiger partial charge >= 0.3 is 23.1 Å². The molecule has 4 aromatic rings. The summed E-state index contributed by atoms with van der Waals surface area (Å²) in [6, 6.07) is 19.4. The number of allylic oxidation sites excluding steroid dienone is 22. The highest BCUT2D eigenvalue weighted by molar-refractivity contribution is 7.86. The standard InChI is InChI=1S/C64H68Cl2N6O4.2CHF3O3S/c1-43(19-13-21-45(3)25-35-55-47(5)59(73)57(39-63(55,7)8)71-37-15-23-53(41-71)69-61(75)67-51-31-27-49(65)28-32-51)17-11-12-18-44(2)20-14-22-46(4)26-36-56-48(6)60(74)58(40-64(56,9)10)72-38-16-24-54(42-72)70-62(76)68-52-33-29-50(66)30-34-52;2*2-1(3,4)8(5,6)7/h11-38,41-42,57-58H,39-40H2,1-10H3,(H2-2,67,68,69,70,75,76);2*(H,5,6,7)/b12-11+,19-13+,20-14+,35-25+,36-26+,43-17+,44-18+,45-21+,46-22+;;. The van der Waals surface area contributed by atoms with E-state index in [0.717, 1.165) is 44.6 Å². The van der Waals surface area contributed by atoms with Crippen molar-refractivity contribution in [2.75, 3.05) is 21.3 Å². The number of pyridine rings is 2. The van der Waals surface area contributed by atoms with E-state index in [1.54, 1.807) is 73.1 Å². The maximum atomic E-state index is 13.8. The van der Waals surface area contributed by atoms with Gasteiger partial charge in [-0.1, -0.05) is 158 Å². The minimum Gasteiger partial charge on any atom is -0.741 e. The zero-order valence-electron chi connectivity index (χ0n) is 51.7. The van der Waals surface area contributed by atoms with E-state index in [1.807, 2.05) is 85.7 Å². The van der Waals surface area contributed by atoms with Gasteiger partial charge in [0.25, 0.3) is 0 Å². The average molecular weight is 1360 g/mol. The number of benzene rings is 2. The maximum Gasteiger partial charge on any atom is 0.485 e. The molecule has 0 saturated heterocycles. The first kappa shape index (κ1) is 76.2. The Kier molecular flexibility index (Phi) is 27.2. The molecule has 0 bridgehead atoms. The number of urea groups is 2. The zero-order chi connectivity index (χ0) is 69.2.